The van der Waals surface area contributed by atoms with E-state index in [0.29, 0.717) is 0 Å². The van der Waals surface area contributed by atoms with Crippen molar-refractivity contribution < 1.29 is 0 Å². The molecule has 1 aliphatic carbocycles. The van der Waals surface area contributed by atoms with Gasteiger partial charge in [-0.2, -0.15) is 0 Å². The lowest BCUT2D eigenvalue weighted by atomic mass is 9.82. The van der Waals surface area contributed by atoms with Crippen molar-refractivity contribution in [3.63, 3.8) is 0 Å². The molecule has 0 radical (unpaired) electrons. The zero-order valence-corrected chi connectivity index (χ0v) is 32.4. The first-order chi connectivity index (χ1) is 28.5. The summed E-state index contributed by atoms with van der Waals surface area (Å²) >= 11 is 0. The van der Waals surface area contributed by atoms with Gasteiger partial charge in [0.1, 0.15) is 0 Å². The van der Waals surface area contributed by atoms with E-state index < -0.39 is 0 Å². The van der Waals surface area contributed by atoms with Crippen LogP contribution in [0.15, 0.2) is 194 Å². The summed E-state index contributed by atoms with van der Waals surface area (Å²) in [5, 5.41) is 8.59. The molecule has 0 aliphatic heterocycles. The third-order valence-corrected chi connectivity index (χ3v) is 12.8. The van der Waals surface area contributed by atoms with Gasteiger partial charge in [0.25, 0.3) is 0 Å². The topological polar surface area (TPSA) is 17.8 Å². The monoisotopic (exact) mass is 738 g/mol. The van der Waals surface area contributed by atoms with Crippen molar-refractivity contribution in [2.45, 2.75) is 19.3 Å². The zero-order valence-electron chi connectivity index (χ0n) is 32.4. The van der Waals surface area contributed by atoms with Gasteiger partial charge in [-0.05, 0) is 109 Å². The largest absolute Gasteiger partial charge is 0.309 e. The van der Waals surface area contributed by atoms with Gasteiger partial charge < -0.3 is 4.57 Å². The van der Waals surface area contributed by atoms with Crippen molar-refractivity contribution in [1.82, 2.24) is 9.55 Å². The number of rotatable bonds is 4. The van der Waals surface area contributed by atoms with Crippen LogP contribution in [0.3, 0.4) is 0 Å². The third kappa shape index (κ3) is 4.75. The number of benzene rings is 9. The number of aromatic nitrogens is 2. The smallest absolute Gasteiger partial charge is 0.0794 e. The normalized spacial score (nSPS) is 13.1. The number of hydrogen-bond donors (Lipinski definition) is 0. The van der Waals surface area contributed by atoms with E-state index in [0.717, 1.165) is 28.0 Å². The number of nitrogens with zero attached hydrogens (tertiary/aromatic N) is 2. The molecule has 0 saturated carbocycles. The fourth-order valence-electron chi connectivity index (χ4n) is 10.00. The Bertz CT molecular complexity index is 3440. The van der Waals surface area contributed by atoms with Crippen LogP contribution in [0.2, 0.25) is 0 Å². The molecule has 2 nitrogen and oxygen atoms in total. The van der Waals surface area contributed by atoms with Crippen molar-refractivity contribution in [3.05, 3.63) is 205 Å². The van der Waals surface area contributed by atoms with Crippen LogP contribution in [-0.2, 0) is 5.41 Å². The van der Waals surface area contributed by atoms with E-state index in [1.807, 2.05) is 0 Å². The van der Waals surface area contributed by atoms with E-state index in [9.17, 15) is 0 Å². The van der Waals surface area contributed by atoms with Crippen LogP contribution in [0.4, 0.5) is 0 Å². The molecule has 0 saturated heterocycles. The predicted octanol–water partition coefficient (Wildman–Crippen LogP) is 14.9. The first-order valence-electron chi connectivity index (χ1n) is 20.2. The molecule has 0 fully saturated rings. The molecule has 2 aromatic heterocycles. The molecular formula is C56H38N2. The molecule has 58 heavy (non-hydrogen) atoms. The SMILES string of the molecule is CC1(C)c2ccccc2-c2c(-c3ccc4c(c3)c3ccc(-c5cccc(-c6ccc7c8ccccc8c8ccccc8c7n6)c5)cc3n4-c3ccccc3)cccc21. The van der Waals surface area contributed by atoms with Crippen LogP contribution in [-0.4, -0.2) is 9.55 Å². The Labute approximate surface area is 337 Å². The third-order valence-electron chi connectivity index (χ3n) is 12.8. The van der Waals surface area contributed by atoms with Crippen LogP contribution in [0.25, 0.3) is 105 Å². The Morgan fingerprint density at radius 1 is 0.379 bits per heavy atom. The average molecular weight is 739 g/mol. The summed E-state index contributed by atoms with van der Waals surface area (Å²) in [5.41, 5.74) is 17.0. The predicted molar refractivity (Wildman–Crippen MR) is 245 cm³/mol. The molecule has 0 N–H and O–H groups in total. The summed E-state index contributed by atoms with van der Waals surface area (Å²) in [5.74, 6) is 0. The lowest BCUT2D eigenvalue weighted by Crippen LogP contribution is -2.14. The summed E-state index contributed by atoms with van der Waals surface area (Å²) in [7, 11) is 0. The Balaban J connectivity index is 1.01. The molecule has 12 rings (SSSR count). The molecule has 11 aromatic rings. The fraction of sp³-hybridized carbons (Fsp3) is 0.0536. The van der Waals surface area contributed by atoms with Crippen LogP contribution in [0, 0.1) is 0 Å². The first-order valence-corrected chi connectivity index (χ1v) is 20.2. The van der Waals surface area contributed by atoms with Gasteiger partial charge in [0.05, 0.1) is 22.2 Å². The Morgan fingerprint density at radius 2 is 0.983 bits per heavy atom. The lowest BCUT2D eigenvalue weighted by molar-refractivity contribution is 0.660. The highest BCUT2D eigenvalue weighted by molar-refractivity contribution is 6.24. The summed E-state index contributed by atoms with van der Waals surface area (Å²) in [6.07, 6.45) is 0. The fourth-order valence-corrected chi connectivity index (χ4v) is 10.00. The number of hydrogen-bond acceptors (Lipinski definition) is 1. The van der Waals surface area contributed by atoms with Crippen molar-refractivity contribution in [2.75, 3.05) is 0 Å². The number of fused-ring (bicyclic) bond motifs is 12. The highest BCUT2D eigenvalue weighted by atomic mass is 15.0. The van der Waals surface area contributed by atoms with E-state index in [4.69, 9.17) is 4.98 Å². The molecule has 0 bridgehead atoms. The summed E-state index contributed by atoms with van der Waals surface area (Å²) in [4.78, 5) is 5.36. The Morgan fingerprint density at radius 3 is 1.81 bits per heavy atom. The quantitative estimate of drug-likeness (QED) is 0.164. The van der Waals surface area contributed by atoms with Gasteiger partial charge in [0.15, 0.2) is 0 Å². The Hall–Kier alpha value is -7.29. The zero-order chi connectivity index (χ0) is 38.5. The maximum Gasteiger partial charge on any atom is 0.0794 e. The van der Waals surface area contributed by atoms with Crippen LogP contribution in [0.1, 0.15) is 25.0 Å². The number of pyridine rings is 1. The van der Waals surface area contributed by atoms with Crippen LogP contribution < -0.4 is 0 Å². The van der Waals surface area contributed by atoms with Gasteiger partial charge >= 0.3 is 0 Å². The van der Waals surface area contributed by atoms with E-state index >= 15 is 0 Å². The molecule has 2 heterocycles. The second-order valence-corrected chi connectivity index (χ2v) is 16.3. The molecule has 9 aromatic carbocycles. The van der Waals surface area contributed by atoms with Crippen molar-refractivity contribution >= 4 is 54.3 Å². The van der Waals surface area contributed by atoms with Crippen LogP contribution >= 0.6 is 0 Å². The standard InChI is InChI=1S/C56H38N2/c1-56(2)49-24-11-10-22-47(49)54-40(23-13-25-50(54)56)37-27-31-52-48(33-37)44-28-26-36(34-53(44)58(52)39-16-4-3-5-17-39)35-14-12-15-38(32-35)51-30-29-46-43-20-7-6-18-41(43)42-19-8-9-21-45(42)55(46)57-51/h3-34H,1-2H3. The van der Waals surface area contributed by atoms with E-state index in [1.165, 1.54) is 87.7 Å². The summed E-state index contributed by atoms with van der Waals surface area (Å²) < 4.78 is 2.43. The summed E-state index contributed by atoms with van der Waals surface area (Å²) in [6.45, 7) is 4.71. The summed E-state index contributed by atoms with van der Waals surface area (Å²) in [6, 6.07) is 71.2. The maximum absolute atomic E-state index is 5.36. The molecule has 0 spiro atoms. The van der Waals surface area contributed by atoms with Crippen molar-refractivity contribution in [2.24, 2.45) is 0 Å². The molecule has 272 valence electrons. The van der Waals surface area contributed by atoms with E-state index in [-0.39, 0.29) is 5.41 Å². The minimum absolute atomic E-state index is 0.0449. The molecule has 0 atom stereocenters. The van der Waals surface area contributed by atoms with Gasteiger partial charge in [-0.1, -0.05) is 159 Å². The van der Waals surface area contributed by atoms with Crippen molar-refractivity contribution in [1.29, 1.82) is 0 Å². The van der Waals surface area contributed by atoms with Gasteiger partial charge in [-0.3, -0.25) is 0 Å². The number of para-hydroxylation sites is 1. The van der Waals surface area contributed by atoms with Gasteiger partial charge in [0, 0.05) is 38.2 Å². The van der Waals surface area contributed by atoms with Gasteiger partial charge in [0.2, 0.25) is 0 Å². The highest BCUT2D eigenvalue weighted by Gasteiger charge is 2.36. The van der Waals surface area contributed by atoms with Gasteiger partial charge in [-0.15, -0.1) is 0 Å². The molecule has 1 aliphatic rings. The molecule has 0 unspecified atom stereocenters. The van der Waals surface area contributed by atoms with Gasteiger partial charge in [-0.25, -0.2) is 4.98 Å². The lowest BCUT2D eigenvalue weighted by Gasteiger charge is -2.21. The van der Waals surface area contributed by atoms with E-state index in [2.05, 4.69) is 213 Å². The highest BCUT2D eigenvalue weighted by Crippen LogP contribution is 2.52. The minimum atomic E-state index is -0.0449. The Kier molecular flexibility index (Phi) is 7.01. The maximum atomic E-state index is 5.36. The molecule has 2 heteroatoms. The molecule has 0 amide bonds. The molecular weight excluding hydrogens is 701 g/mol. The van der Waals surface area contributed by atoms with Crippen LogP contribution in [0.5, 0.6) is 0 Å². The van der Waals surface area contributed by atoms with E-state index in [1.54, 1.807) is 0 Å². The van der Waals surface area contributed by atoms with Crippen molar-refractivity contribution in [3.8, 4) is 50.3 Å². The first kappa shape index (κ1) is 32.9. The second-order valence-electron chi connectivity index (χ2n) is 16.3. The average Bonchev–Trinajstić information content (AvgIpc) is 3.74. The second kappa shape index (κ2) is 12.4. The minimum Gasteiger partial charge on any atom is -0.309 e.